The molecule has 1 aliphatic rings. The first-order chi connectivity index (χ1) is 15.5. The predicted molar refractivity (Wildman–Crippen MR) is 124 cm³/mol. The lowest BCUT2D eigenvalue weighted by molar-refractivity contribution is -0.139. The predicted octanol–water partition coefficient (Wildman–Crippen LogP) is 4.88. The van der Waals surface area contributed by atoms with Gasteiger partial charge in [-0.15, -0.1) is 0 Å². The SMILES string of the molecule is CCCCCN1C(=O)C(=O)/C(=C(/O)c2cc(OC)ccc2OC)C1c1ccc(CC)cc1. The molecule has 2 aromatic rings. The van der Waals surface area contributed by atoms with Crippen LogP contribution >= 0.6 is 0 Å². The van der Waals surface area contributed by atoms with Crippen molar-refractivity contribution < 1.29 is 24.2 Å². The molecule has 1 unspecified atom stereocenters. The molecular formula is C26H31NO5. The Morgan fingerprint density at radius 3 is 2.31 bits per heavy atom. The summed E-state index contributed by atoms with van der Waals surface area (Å²) in [4.78, 5) is 27.7. The average molecular weight is 438 g/mol. The number of hydrogen-bond donors (Lipinski definition) is 1. The third kappa shape index (κ3) is 4.49. The van der Waals surface area contributed by atoms with Gasteiger partial charge in [-0.3, -0.25) is 9.59 Å². The number of nitrogens with zero attached hydrogens (tertiary/aromatic N) is 1. The number of carbonyl (C=O) groups is 2. The molecule has 0 radical (unpaired) electrons. The number of benzene rings is 2. The van der Waals surface area contributed by atoms with Gasteiger partial charge in [-0.1, -0.05) is 51.0 Å². The number of ether oxygens (including phenoxy) is 2. The van der Waals surface area contributed by atoms with E-state index < -0.39 is 17.7 Å². The zero-order valence-corrected chi connectivity index (χ0v) is 19.2. The van der Waals surface area contributed by atoms with Crippen molar-refractivity contribution in [2.24, 2.45) is 0 Å². The first-order valence-corrected chi connectivity index (χ1v) is 11.1. The van der Waals surface area contributed by atoms with Gasteiger partial charge in [0.15, 0.2) is 0 Å². The van der Waals surface area contributed by atoms with E-state index in [0.29, 0.717) is 23.6 Å². The molecule has 1 atom stereocenters. The molecule has 1 aliphatic heterocycles. The first kappa shape index (κ1) is 23.4. The van der Waals surface area contributed by atoms with Gasteiger partial charge in [-0.2, -0.15) is 0 Å². The van der Waals surface area contributed by atoms with Gasteiger partial charge in [-0.05, 0) is 42.2 Å². The van der Waals surface area contributed by atoms with Crippen LogP contribution in [0.25, 0.3) is 5.76 Å². The minimum Gasteiger partial charge on any atom is -0.507 e. The fourth-order valence-corrected chi connectivity index (χ4v) is 4.07. The van der Waals surface area contributed by atoms with Crippen LogP contribution in [0, 0.1) is 0 Å². The van der Waals surface area contributed by atoms with Crippen LogP contribution in [0.3, 0.4) is 0 Å². The highest BCUT2D eigenvalue weighted by molar-refractivity contribution is 6.46. The van der Waals surface area contributed by atoms with Crippen LogP contribution in [0.4, 0.5) is 0 Å². The third-order valence-electron chi connectivity index (χ3n) is 5.91. The van der Waals surface area contributed by atoms with Gasteiger partial charge in [0, 0.05) is 6.54 Å². The Kier molecular flexibility index (Phi) is 7.57. The number of aliphatic hydroxyl groups is 1. The van der Waals surface area contributed by atoms with Crippen molar-refractivity contribution in [3.8, 4) is 11.5 Å². The van der Waals surface area contributed by atoms with Gasteiger partial charge in [0.05, 0.1) is 31.4 Å². The zero-order valence-electron chi connectivity index (χ0n) is 19.2. The summed E-state index contributed by atoms with van der Waals surface area (Å²) in [5.41, 5.74) is 2.34. The maximum absolute atomic E-state index is 13.1. The summed E-state index contributed by atoms with van der Waals surface area (Å²) in [5.74, 6) is -0.641. The van der Waals surface area contributed by atoms with Crippen LogP contribution in [0.1, 0.15) is 55.8 Å². The van der Waals surface area contributed by atoms with E-state index in [4.69, 9.17) is 9.47 Å². The molecule has 2 aromatic carbocycles. The Morgan fingerprint density at radius 1 is 1.00 bits per heavy atom. The molecule has 0 spiro atoms. The van der Waals surface area contributed by atoms with E-state index in [1.807, 2.05) is 24.3 Å². The van der Waals surface area contributed by atoms with Crippen molar-refractivity contribution in [1.82, 2.24) is 4.90 Å². The topological polar surface area (TPSA) is 76.1 Å². The van der Waals surface area contributed by atoms with Crippen molar-refractivity contribution >= 4 is 17.4 Å². The molecule has 0 aromatic heterocycles. The lowest BCUT2D eigenvalue weighted by atomic mass is 9.94. The minimum atomic E-state index is -0.687. The number of unbranched alkanes of at least 4 members (excludes halogenated alkanes) is 2. The van der Waals surface area contributed by atoms with Gasteiger partial charge in [0.25, 0.3) is 11.7 Å². The monoisotopic (exact) mass is 437 g/mol. The molecule has 6 heteroatoms. The maximum atomic E-state index is 13.1. The van der Waals surface area contributed by atoms with Crippen molar-refractivity contribution in [2.45, 2.75) is 45.6 Å². The first-order valence-electron chi connectivity index (χ1n) is 11.1. The number of carbonyl (C=O) groups excluding carboxylic acids is 2. The van der Waals surface area contributed by atoms with Crippen LogP contribution in [0.5, 0.6) is 11.5 Å². The Hall–Kier alpha value is -3.28. The van der Waals surface area contributed by atoms with Crippen LogP contribution in [0.15, 0.2) is 48.0 Å². The van der Waals surface area contributed by atoms with E-state index >= 15 is 0 Å². The number of likely N-dealkylation sites (tertiary alicyclic amines) is 1. The van der Waals surface area contributed by atoms with Gasteiger partial charge in [0.1, 0.15) is 17.3 Å². The van der Waals surface area contributed by atoms with E-state index in [2.05, 4.69) is 13.8 Å². The van der Waals surface area contributed by atoms with Crippen LogP contribution in [-0.4, -0.2) is 42.5 Å². The smallest absolute Gasteiger partial charge is 0.295 e. The molecule has 1 fully saturated rings. The number of methoxy groups -OCH3 is 2. The Morgan fingerprint density at radius 2 is 1.72 bits per heavy atom. The summed E-state index contributed by atoms with van der Waals surface area (Å²) in [6.07, 6.45) is 3.63. The number of aryl methyl sites for hydroxylation is 1. The number of rotatable bonds is 9. The molecule has 0 aliphatic carbocycles. The molecule has 170 valence electrons. The van der Waals surface area contributed by atoms with Gasteiger partial charge >= 0.3 is 0 Å². The third-order valence-corrected chi connectivity index (χ3v) is 5.91. The number of amides is 1. The second-order valence-corrected chi connectivity index (χ2v) is 7.86. The van der Waals surface area contributed by atoms with E-state index in [9.17, 15) is 14.7 Å². The van der Waals surface area contributed by atoms with E-state index in [-0.39, 0.29) is 11.3 Å². The van der Waals surface area contributed by atoms with Crippen molar-refractivity contribution in [3.05, 3.63) is 64.7 Å². The minimum absolute atomic E-state index is 0.0716. The van der Waals surface area contributed by atoms with Gasteiger partial charge in [-0.25, -0.2) is 0 Å². The fraction of sp³-hybridized carbons (Fsp3) is 0.385. The standard InChI is InChI=1S/C26H31NO5/c1-5-7-8-15-27-23(18-11-9-17(6-2)10-12-18)22(25(29)26(27)30)24(28)20-16-19(31-3)13-14-21(20)32-4/h9-14,16,23,28H,5-8,15H2,1-4H3/b24-22+. The molecular weight excluding hydrogens is 406 g/mol. The van der Waals surface area contributed by atoms with E-state index in [1.54, 1.807) is 23.1 Å². The van der Waals surface area contributed by atoms with E-state index in [1.165, 1.54) is 14.2 Å². The highest BCUT2D eigenvalue weighted by atomic mass is 16.5. The molecule has 1 N–H and O–H groups in total. The molecule has 1 amide bonds. The quantitative estimate of drug-likeness (QED) is 0.262. The second kappa shape index (κ2) is 10.4. The summed E-state index contributed by atoms with van der Waals surface area (Å²) in [6.45, 7) is 4.61. The van der Waals surface area contributed by atoms with E-state index in [0.717, 1.165) is 36.8 Å². The highest BCUT2D eigenvalue weighted by Crippen LogP contribution is 2.41. The summed E-state index contributed by atoms with van der Waals surface area (Å²) in [5, 5.41) is 11.3. The molecule has 32 heavy (non-hydrogen) atoms. The number of hydrogen-bond acceptors (Lipinski definition) is 5. The Labute approximate surface area is 189 Å². The van der Waals surface area contributed by atoms with Crippen LogP contribution < -0.4 is 9.47 Å². The molecule has 0 saturated carbocycles. The van der Waals surface area contributed by atoms with Crippen LogP contribution in [-0.2, 0) is 16.0 Å². The maximum Gasteiger partial charge on any atom is 0.295 e. The number of aliphatic hydroxyl groups excluding tert-OH is 1. The lowest BCUT2D eigenvalue weighted by Crippen LogP contribution is -2.30. The zero-order chi connectivity index (χ0) is 23.3. The fourth-order valence-electron chi connectivity index (χ4n) is 4.07. The van der Waals surface area contributed by atoms with Gasteiger partial charge < -0.3 is 19.5 Å². The molecule has 0 bridgehead atoms. The normalized spacial score (nSPS) is 17.6. The average Bonchev–Trinajstić information content (AvgIpc) is 3.08. The van der Waals surface area contributed by atoms with Gasteiger partial charge in [0.2, 0.25) is 0 Å². The summed E-state index contributed by atoms with van der Waals surface area (Å²) in [6, 6.07) is 12.2. The molecule has 1 heterocycles. The second-order valence-electron chi connectivity index (χ2n) is 7.86. The molecule has 3 rings (SSSR count). The summed E-state index contributed by atoms with van der Waals surface area (Å²) in [7, 11) is 3.01. The summed E-state index contributed by atoms with van der Waals surface area (Å²) < 4.78 is 10.7. The Bertz CT molecular complexity index is 1010. The van der Waals surface area contributed by atoms with Crippen molar-refractivity contribution in [2.75, 3.05) is 20.8 Å². The van der Waals surface area contributed by atoms with Crippen molar-refractivity contribution in [3.63, 3.8) is 0 Å². The van der Waals surface area contributed by atoms with Crippen molar-refractivity contribution in [1.29, 1.82) is 0 Å². The highest BCUT2D eigenvalue weighted by Gasteiger charge is 2.46. The number of ketones is 1. The Balaban J connectivity index is 2.18. The molecule has 1 saturated heterocycles. The lowest BCUT2D eigenvalue weighted by Gasteiger charge is -2.25. The summed E-state index contributed by atoms with van der Waals surface area (Å²) >= 11 is 0. The number of Topliss-reactive ketones (excluding diaryl/α,β-unsaturated/α-hetero) is 1. The molecule has 6 nitrogen and oxygen atoms in total. The van der Waals surface area contributed by atoms with Crippen LogP contribution in [0.2, 0.25) is 0 Å². The largest absolute Gasteiger partial charge is 0.507 e.